The molecule has 1 heterocycles. The van der Waals surface area contributed by atoms with Gasteiger partial charge in [-0.25, -0.2) is 0 Å². The molecule has 1 aromatic rings. The van der Waals surface area contributed by atoms with Gasteiger partial charge in [0.25, 0.3) is 0 Å². The van der Waals surface area contributed by atoms with Crippen molar-refractivity contribution in [1.29, 1.82) is 0 Å². The zero-order chi connectivity index (χ0) is 8.55. The first-order valence-corrected chi connectivity index (χ1v) is 4.63. The predicted octanol–water partition coefficient (Wildman–Crippen LogP) is 2.33. The van der Waals surface area contributed by atoms with Crippen LogP contribution in [-0.2, 0) is 12.8 Å². The lowest BCUT2D eigenvalue weighted by Gasteiger charge is -2.17. The fourth-order valence-electron chi connectivity index (χ4n) is 1.71. The number of hydrogen-bond donors (Lipinski definition) is 1. The molecule has 64 valence electrons. The molecule has 0 spiro atoms. The lowest BCUT2D eigenvalue weighted by Crippen LogP contribution is -2.11. The molecule has 0 saturated heterocycles. The summed E-state index contributed by atoms with van der Waals surface area (Å²) < 4.78 is 1.67. The number of rotatable bonds is 0. The summed E-state index contributed by atoms with van der Waals surface area (Å²) in [6.07, 6.45) is 4.41. The smallest absolute Gasteiger partial charge is 0.142 e. The van der Waals surface area contributed by atoms with E-state index in [9.17, 15) is 5.21 Å². The van der Waals surface area contributed by atoms with E-state index in [4.69, 9.17) is 12.2 Å². The van der Waals surface area contributed by atoms with E-state index in [1.807, 2.05) is 6.07 Å². The maximum atomic E-state index is 9.56. The van der Waals surface area contributed by atoms with Crippen molar-refractivity contribution in [2.45, 2.75) is 25.7 Å². The van der Waals surface area contributed by atoms with Gasteiger partial charge in [0.15, 0.2) is 0 Å². The molecule has 0 saturated carbocycles. The third-order valence-electron chi connectivity index (χ3n) is 2.37. The largest absolute Gasteiger partial charge is 0.427 e. The summed E-state index contributed by atoms with van der Waals surface area (Å²) in [4.78, 5) is 0. The minimum atomic E-state index is 0.510. The highest BCUT2D eigenvalue weighted by Gasteiger charge is 2.11. The van der Waals surface area contributed by atoms with Crippen molar-refractivity contribution in [3.8, 4) is 0 Å². The Kier molecular flexibility index (Phi) is 1.89. The summed E-state index contributed by atoms with van der Waals surface area (Å²) in [6.45, 7) is 0. The second-order valence-corrected chi connectivity index (χ2v) is 3.58. The van der Waals surface area contributed by atoms with Gasteiger partial charge in [-0.05, 0) is 37.3 Å². The number of pyridine rings is 1. The topological polar surface area (TPSA) is 25.2 Å². The second kappa shape index (κ2) is 2.90. The van der Waals surface area contributed by atoms with Gasteiger partial charge in [0.1, 0.15) is 4.64 Å². The standard InChI is InChI=1S/C9H11NOS/c11-10-8-4-2-1-3-7(8)5-6-9(10)12/h5-6,11H,1-4H2. The van der Waals surface area contributed by atoms with Crippen LogP contribution in [0.3, 0.4) is 0 Å². The Labute approximate surface area is 76.4 Å². The third-order valence-corrected chi connectivity index (χ3v) is 2.68. The Hall–Kier alpha value is -0.830. The van der Waals surface area contributed by atoms with Crippen LogP contribution in [0.4, 0.5) is 0 Å². The Morgan fingerprint density at radius 2 is 2.00 bits per heavy atom. The molecule has 1 aliphatic rings. The lowest BCUT2D eigenvalue weighted by molar-refractivity contribution is 0.167. The maximum Gasteiger partial charge on any atom is 0.142 e. The lowest BCUT2D eigenvalue weighted by atomic mass is 9.96. The Bertz CT molecular complexity index is 356. The predicted molar refractivity (Wildman–Crippen MR) is 49.1 cm³/mol. The molecule has 1 aromatic heterocycles. The molecular formula is C9H11NOS. The summed E-state index contributed by atoms with van der Waals surface area (Å²) in [5.41, 5.74) is 2.26. The molecule has 0 bridgehead atoms. The van der Waals surface area contributed by atoms with E-state index in [-0.39, 0.29) is 0 Å². The fraction of sp³-hybridized carbons (Fsp3) is 0.444. The van der Waals surface area contributed by atoms with Crippen LogP contribution in [-0.4, -0.2) is 9.94 Å². The van der Waals surface area contributed by atoms with E-state index in [0.29, 0.717) is 4.64 Å². The molecule has 2 rings (SSSR count). The first-order chi connectivity index (χ1) is 5.79. The Morgan fingerprint density at radius 3 is 2.83 bits per heavy atom. The maximum absolute atomic E-state index is 9.56. The van der Waals surface area contributed by atoms with Crippen LogP contribution in [0.15, 0.2) is 12.1 Å². The first kappa shape index (κ1) is 7.80. The van der Waals surface area contributed by atoms with Gasteiger partial charge in [-0.3, -0.25) is 0 Å². The van der Waals surface area contributed by atoms with E-state index < -0.39 is 0 Å². The van der Waals surface area contributed by atoms with Gasteiger partial charge >= 0.3 is 0 Å². The summed E-state index contributed by atoms with van der Waals surface area (Å²) >= 11 is 4.95. The zero-order valence-corrected chi connectivity index (χ0v) is 7.60. The van der Waals surface area contributed by atoms with Gasteiger partial charge in [0.05, 0.1) is 5.69 Å². The van der Waals surface area contributed by atoms with Crippen molar-refractivity contribution in [3.63, 3.8) is 0 Å². The summed E-state index contributed by atoms with van der Waals surface area (Å²) in [5.74, 6) is 0. The summed E-state index contributed by atoms with van der Waals surface area (Å²) in [7, 11) is 0. The number of hydrogen-bond acceptors (Lipinski definition) is 2. The molecule has 0 unspecified atom stereocenters. The van der Waals surface area contributed by atoms with Gasteiger partial charge in [-0.15, -0.1) is 0 Å². The molecule has 0 fully saturated rings. The second-order valence-electron chi connectivity index (χ2n) is 3.16. The SMILES string of the molecule is On1c2c(ccc1=S)CCCC2. The van der Waals surface area contributed by atoms with Crippen LogP contribution < -0.4 is 0 Å². The van der Waals surface area contributed by atoms with Crippen LogP contribution >= 0.6 is 12.2 Å². The van der Waals surface area contributed by atoms with Crippen LogP contribution in [0.5, 0.6) is 0 Å². The van der Waals surface area contributed by atoms with Crippen molar-refractivity contribution >= 4 is 12.2 Å². The molecule has 0 aliphatic heterocycles. The molecule has 0 radical (unpaired) electrons. The number of aromatic nitrogens is 1. The van der Waals surface area contributed by atoms with E-state index in [0.717, 1.165) is 29.7 Å². The van der Waals surface area contributed by atoms with Crippen LogP contribution in [0.2, 0.25) is 0 Å². The quantitative estimate of drug-likeness (QED) is 0.491. The normalized spacial score (nSPS) is 15.7. The van der Waals surface area contributed by atoms with Gasteiger partial charge in [0.2, 0.25) is 0 Å². The summed E-state index contributed by atoms with van der Waals surface area (Å²) in [6, 6.07) is 3.82. The van der Waals surface area contributed by atoms with E-state index >= 15 is 0 Å². The molecule has 2 nitrogen and oxygen atoms in total. The van der Waals surface area contributed by atoms with Crippen LogP contribution in [0.1, 0.15) is 24.1 Å². The molecule has 0 amide bonds. The zero-order valence-electron chi connectivity index (χ0n) is 6.79. The Morgan fingerprint density at radius 1 is 1.25 bits per heavy atom. The highest BCUT2D eigenvalue weighted by molar-refractivity contribution is 7.71. The molecule has 0 atom stereocenters. The third kappa shape index (κ3) is 1.14. The first-order valence-electron chi connectivity index (χ1n) is 4.22. The van der Waals surface area contributed by atoms with Crippen LogP contribution in [0.25, 0.3) is 0 Å². The van der Waals surface area contributed by atoms with Crippen molar-refractivity contribution in [2.24, 2.45) is 0 Å². The van der Waals surface area contributed by atoms with Crippen LogP contribution in [0, 0.1) is 4.64 Å². The summed E-state index contributed by atoms with van der Waals surface area (Å²) in [5, 5.41) is 9.56. The number of aryl methyl sites for hydroxylation is 1. The van der Waals surface area contributed by atoms with E-state index in [1.54, 1.807) is 6.07 Å². The van der Waals surface area contributed by atoms with E-state index in [2.05, 4.69) is 0 Å². The monoisotopic (exact) mass is 181 g/mol. The van der Waals surface area contributed by atoms with Crippen molar-refractivity contribution < 1.29 is 5.21 Å². The fourth-order valence-corrected chi connectivity index (χ4v) is 1.89. The van der Waals surface area contributed by atoms with Gasteiger partial charge in [-0.1, -0.05) is 18.3 Å². The number of fused-ring (bicyclic) bond motifs is 1. The highest BCUT2D eigenvalue weighted by Crippen LogP contribution is 2.20. The number of nitrogens with zero attached hydrogens (tertiary/aromatic N) is 1. The average molecular weight is 181 g/mol. The molecular weight excluding hydrogens is 170 g/mol. The Balaban J connectivity index is 2.61. The van der Waals surface area contributed by atoms with Crippen molar-refractivity contribution in [2.75, 3.05) is 0 Å². The van der Waals surface area contributed by atoms with Crippen molar-refractivity contribution in [1.82, 2.24) is 4.73 Å². The molecule has 12 heavy (non-hydrogen) atoms. The average Bonchev–Trinajstić information content (AvgIpc) is 2.12. The molecule has 1 aliphatic carbocycles. The molecule has 1 N–H and O–H groups in total. The van der Waals surface area contributed by atoms with Gasteiger partial charge in [-0.2, -0.15) is 4.73 Å². The van der Waals surface area contributed by atoms with Gasteiger partial charge in [0, 0.05) is 0 Å². The van der Waals surface area contributed by atoms with Gasteiger partial charge < -0.3 is 5.21 Å². The minimum absolute atomic E-state index is 0.510. The molecule has 0 aromatic carbocycles. The highest BCUT2D eigenvalue weighted by atomic mass is 32.1. The van der Waals surface area contributed by atoms with E-state index in [1.165, 1.54) is 12.0 Å². The van der Waals surface area contributed by atoms with Crippen molar-refractivity contribution in [3.05, 3.63) is 28.0 Å². The molecule has 3 heteroatoms. The minimum Gasteiger partial charge on any atom is -0.427 e.